The zero-order chi connectivity index (χ0) is 18.4. The summed E-state index contributed by atoms with van der Waals surface area (Å²) in [7, 11) is 0. The Morgan fingerprint density at radius 2 is 1.81 bits per heavy atom. The molecule has 1 aromatic heterocycles. The Bertz CT molecular complexity index is 802. The van der Waals surface area contributed by atoms with Gasteiger partial charge in [0.25, 0.3) is 5.91 Å². The first-order valence-electron chi connectivity index (χ1n) is 9.08. The van der Waals surface area contributed by atoms with E-state index < -0.39 is 0 Å². The lowest BCUT2D eigenvalue weighted by Crippen LogP contribution is -2.21. The number of rotatable bonds is 4. The summed E-state index contributed by atoms with van der Waals surface area (Å²) < 4.78 is 0. The van der Waals surface area contributed by atoms with E-state index in [1.54, 1.807) is 37.3 Å². The molecule has 0 unspecified atom stereocenters. The van der Waals surface area contributed by atoms with Crippen LogP contribution in [0.25, 0.3) is 0 Å². The molecule has 0 saturated heterocycles. The van der Waals surface area contributed by atoms with Gasteiger partial charge in [-0.2, -0.15) is 5.26 Å². The fourth-order valence-electron chi connectivity index (χ4n) is 3.21. The standard InChI is InChI=1S/C20H23N5O/c1-14-22-18(20(26)25-17-10-8-15(13-21)9-11-17)12-19(23-14)24-16-6-4-2-3-5-7-16/h8-12,16H,2-7H2,1H3,(H,25,26)(H,22,23,24). The van der Waals surface area contributed by atoms with Crippen LogP contribution < -0.4 is 10.6 Å². The number of nitrogens with zero attached hydrogens (tertiary/aromatic N) is 3. The van der Waals surface area contributed by atoms with Crippen molar-refractivity contribution >= 4 is 17.4 Å². The predicted octanol–water partition coefficient (Wildman–Crippen LogP) is 4.04. The third kappa shape index (κ3) is 4.79. The number of hydrogen-bond acceptors (Lipinski definition) is 5. The molecule has 2 N–H and O–H groups in total. The second-order valence-corrected chi connectivity index (χ2v) is 6.66. The van der Waals surface area contributed by atoms with Gasteiger partial charge in [0.2, 0.25) is 0 Å². The molecule has 0 aliphatic heterocycles. The summed E-state index contributed by atoms with van der Waals surface area (Å²) in [4.78, 5) is 21.2. The average molecular weight is 349 g/mol. The SMILES string of the molecule is Cc1nc(NC2CCCCCC2)cc(C(=O)Nc2ccc(C#N)cc2)n1. The summed E-state index contributed by atoms with van der Waals surface area (Å²) in [6.07, 6.45) is 7.31. The Labute approximate surface area is 153 Å². The molecule has 0 bridgehead atoms. The van der Waals surface area contributed by atoms with Crippen molar-refractivity contribution in [3.63, 3.8) is 0 Å². The molecule has 6 nitrogen and oxygen atoms in total. The molecule has 3 rings (SSSR count). The minimum absolute atomic E-state index is 0.288. The lowest BCUT2D eigenvalue weighted by molar-refractivity contribution is 0.102. The minimum Gasteiger partial charge on any atom is -0.367 e. The van der Waals surface area contributed by atoms with Gasteiger partial charge in [-0.25, -0.2) is 9.97 Å². The van der Waals surface area contributed by atoms with Crippen LogP contribution in [0.1, 0.15) is 60.4 Å². The van der Waals surface area contributed by atoms with Crippen LogP contribution in [0.3, 0.4) is 0 Å². The maximum atomic E-state index is 12.5. The number of carbonyl (C=O) groups is 1. The number of aryl methyl sites for hydroxylation is 1. The number of hydrogen-bond donors (Lipinski definition) is 2. The first kappa shape index (κ1) is 17.9. The molecule has 1 aliphatic rings. The maximum absolute atomic E-state index is 12.5. The van der Waals surface area contributed by atoms with Crippen molar-refractivity contribution in [2.24, 2.45) is 0 Å². The van der Waals surface area contributed by atoms with Crippen molar-refractivity contribution in [1.82, 2.24) is 9.97 Å². The number of nitriles is 1. The Kier molecular flexibility index (Phi) is 5.80. The lowest BCUT2D eigenvalue weighted by Gasteiger charge is -2.17. The molecule has 1 amide bonds. The molecule has 134 valence electrons. The lowest BCUT2D eigenvalue weighted by atomic mass is 10.1. The van der Waals surface area contributed by atoms with Gasteiger partial charge in [0.05, 0.1) is 11.6 Å². The quantitative estimate of drug-likeness (QED) is 0.813. The van der Waals surface area contributed by atoms with Crippen LogP contribution in [0.4, 0.5) is 11.5 Å². The van der Waals surface area contributed by atoms with Gasteiger partial charge < -0.3 is 10.6 Å². The highest BCUT2D eigenvalue weighted by Gasteiger charge is 2.15. The van der Waals surface area contributed by atoms with Gasteiger partial charge in [-0.3, -0.25) is 4.79 Å². The van der Waals surface area contributed by atoms with Crippen molar-refractivity contribution in [1.29, 1.82) is 5.26 Å². The number of anilines is 2. The number of carbonyl (C=O) groups excluding carboxylic acids is 1. The number of amides is 1. The van der Waals surface area contributed by atoms with Gasteiger partial charge in [0.1, 0.15) is 17.3 Å². The van der Waals surface area contributed by atoms with Crippen molar-refractivity contribution in [2.45, 2.75) is 51.5 Å². The Balaban J connectivity index is 1.71. The monoisotopic (exact) mass is 349 g/mol. The molecular weight excluding hydrogens is 326 g/mol. The summed E-state index contributed by atoms with van der Waals surface area (Å²) in [6.45, 7) is 1.79. The third-order valence-electron chi connectivity index (χ3n) is 4.55. The zero-order valence-electron chi connectivity index (χ0n) is 15.0. The fraction of sp³-hybridized carbons (Fsp3) is 0.400. The topological polar surface area (TPSA) is 90.7 Å². The van der Waals surface area contributed by atoms with E-state index in [0.717, 1.165) is 12.8 Å². The number of aromatic nitrogens is 2. The molecule has 0 radical (unpaired) electrons. The Morgan fingerprint density at radius 1 is 1.12 bits per heavy atom. The maximum Gasteiger partial charge on any atom is 0.274 e. The molecule has 26 heavy (non-hydrogen) atoms. The van der Waals surface area contributed by atoms with E-state index in [9.17, 15) is 4.79 Å². The highest BCUT2D eigenvalue weighted by atomic mass is 16.1. The largest absolute Gasteiger partial charge is 0.367 e. The van der Waals surface area contributed by atoms with Gasteiger partial charge in [-0.05, 0) is 44.0 Å². The molecule has 1 fully saturated rings. The third-order valence-corrected chi connectivity index (χ3v) is 4.55. The van der Waals surface area contributed by atoms with Crippen LogP contribution in [0.2, 0.25) is 0 Å². The average Bonchev–Trinajstić information content (AvgIpc) is 2.90. The molecule has 6 heteroatoms. The normalized spacial score (nSPS) is 14.9. The van der Waals surface area contributed by atoms with Crippen molar-refractivity contribution in [3.8, 4) is 6.07 Å². The van der Waals surface area contributed by atoms with Crippen LogP contribution >= 0.6 is 0 Å². The summed E-state index contributed by atoms with van der Waals surface area (Å²) in [6, 6.07) is 10.9. The van der Waals surface area contributed by atoms with Crippen molar-refractivity contribution in [3.05, 3.63) is 47.4 Å². The van der Waals surface area contributed by atoms with E-state index in [4.69, 9.17) is 5.26 Å². The van der Waals surface area contributed by atoms with Crippen molar-refractivity contribution < 1.29 is 4.79 Å². The van der Waals surface area contributed by atoms with Crippen molar-refractivity contribution in [2.75, 3.05) is 10.6 Å². The van der Waals surface area contributed by atoms with E-state index in [1.807, 2.05) is 0 Å². The van der Waals surface area contributed by atoms with Crippen LogP contribution in [-0.4, -0.2) is 21.9 Å². The van der Waals surface area contributed by atoms with E-state index in [-0.39, 0.29) is 5.91 Å². The summed E-state index contributed by atoms with van der Waals surface area (Å²) in [5.41, 5.74) is 1.51. The molecule has 0 atom stereocenters. The molecule has 1 heterocycles. The van der Waals surface area contributed by atoms with Gasteiger partial charge in [0.15, 0.2) is 0 Å². The first-order chi connectivity index (χ1) is 12.6. The molecule has 2 aromatic rings. The summed E-state index contributed by atoms with van der Waals surface area (Å²) in [5, 5.41) is 15.1. The molecule has 1 saturated carbocycles. The first-order valence-corrected chi connectivity index (χ1v) is 9.08. The Morgan fingerprint density at radius 3 is 2.46 bits per heavy atom. The van der Waals surface area contributed by atoms with E-state index >= 15 is 0 Å². The fourth-order valence-corrected chi connectivity index (χ4v) is 3.21. The minimum atomic E-state index is -0.288. The number of benzene rings is 1. The molecule has 0 spiro atoms. The van der Waals surface area contributed by atoms with Gasteiger partial charge in [-0.15, -0.1) is 0 Å². The summed E-state index contributed by atoms with van der Waals surface area (Å²) in [5.74, 6) is 0.979. The molecule has 1 aliphatic carbocycles. The van der Waals surface area contributed by atoms with Crippen LogP contribution in [-0.2, 0) is 0 Å². The smallest absolute Gasteiger partial charge is 0.274 e. The number of nitrogens with one attached hydrogen (secondary N) is 2. The van der Waals surface area contributed by atoms with E-state index in [0.29, 0.717) is 34.6 Å². The molecule has 1 aromatic carbocycles. The van der Waals surface area contributed by atoms with Gasteiger partial charge in [0, 0.05) is 17.8 Å². The second-order valence-electron chi connectivity index (χ2n) is 6.66. The predicted molar refractivity (Wildman–Crippen MR) is 101 cm³/mol. The van der Waals surface area contributed by atoms with E-state index in [2.05, 4.69) is 26.7 Å². The van der Waals surface area contributed by atoms with E-state index in [1.165, 1.54) is 25.7 Å². The second kappa shape index (κ2) is 8.43. The van der Waals surface area contributed by atoms with Crippen LogP contribution in [0.5, 0.6) is 0 Å². The van der Waals surface area contributed by atoms with Gasteiger partial charge in [-0.1, -0.05) is 25.7 Å². The highest BCUT2D eigenvalue weighted by molar-refractivity contribution is 6.03. The summed E-state index contributed by atoms with van der Waals surface area (Å²) >= 11 is 0. The van der Waals surface area contributed by atoms with Gasteiger partial charge >= 0.3 is 0 Å². The molecular formula is C20H23N5O. The van der Waals surface area contributed by atoms with Crippen LogP contribution in [0.15, 0.2) is 30.3 Å². The zero-order valence-corrected chi connectivity index (χ0v) is 15.0. The van der Waals surface area contributed by atoms with Crippen LogP contribution in [0, 0.1) is 18.3 Å². The highest BCUT2D eigenvalue weighted by Crippen LogP contribution is 2.21. The Hall–Kier alpha value is -2.94.